The van der Waals surface area contributed by atoms with Crippen LogP contribution in [0.25, 0.3) is 0 Å². The van der Waals surface area contributed by atoms with Gasteiger partial charge in [-0.2, -0.15) is 0 Å². The van der Waals surface area contributed by atoms with Crippen molar-refractivity contribution >= 4 is 46.1 Å². The number of rotatable bonds is 6. The lowest BCUT2D eigenvalue weighted by atomic mass is 10.1. The van der Waals surface area contributed by atoms with Crippen LogP contribution in [-0.2, 0) is 14.3 Å². The van der Waals surface area contributed by atoms with E-state index in [1.165, 1.54) is 22.2 Å². The molecule has 0 radical (unpaired) electrons. The quantitative estimate of drug-likeness (QED) is 0.686. The number of esters is 1. The minimum absolute atomic E-state index is 0.0272. The molecule has 1 saturated heterocycles. The highest BCUT2D eigenvalue weighted by Crippen LogP contribution is 2.31. The van der Waals surface area contributed by atoms with Crippen molar-refractivity contribution in [3.05, 3.63) is 59.2 Å². The summed E-state index contributed by atoms with van der Waals surface area (Å²) in [5.74, 6) is -0.845. The number of anilines is 1. The molecule has 2 aromatic carbocycles. The SMILES string of the molecule is CCOC(=O)c1ccc(NC(=O)C[C@H]2SC(=Nc3ccc(C)c(C)c3)N(C)C2=O)cc1. The fraction of sp³-hybridized carbons (Fsp3) is 0.304. The van der Waals surface area contributed by atoms with Gasteiger partial charge >= 0.3 is 5.97 Å². The summed E-state index contributed by atoms with van der Waals surface area (Å²) < 4.78 is 4.94. The van der Waals surface area contributed by atoms with Crippen LogP contribution < -0.4 is 5.32 Å². The lowest BCUT2D eigenvalue weighted by Crippen LogP contribution is -2.30. The van der Waals surface area contributed by atoms with Crippen LogP contribution in [0.2, 0.25) is 0 Å². The Balaban J connectivity index is 1.62. The molecule has 1 heterocycles. The molecule has 0 unspecified atom stereocenters. The number of amidine groups is 1. The Morgan fingerprint density at radius 3 is 2.48 bits per heavy atom. The summed E-state index contributed by atoms with van der Waals surface area (Å²) in [6.45, 7) is 6.09. The fourth-order valence-corrected chi connectivity index (χ4v) is 4.14. The van der Waals surface area contributed by atoms with E-state index in [-0.39, 0.29) is 18.2 Å². The number of aliphatic imine (C=N–C) groups is 1. The second-order valence-corrected chi connectivity index (χ2v) is 8.39. The van der Waals surface area contributed by atoms with E-state index in [0.717, 1.165) is 11.3 Å². The van der Waals surface area contributed by atoms with Crippen LogP contribution in [0, 0.1) is 13.8 Å². The van der Waals surface area contributed by atoms with Crippen LogP contribution in [-0.4, -0.2) is 46.8 Å². The summed E-state index contributed by atoms with van der Waals surface area (Å²) >= 11 is 1.29. The van der Waals surface area contributed by atoms with Gasteiger partial charge in [0.25, 0.3) is 0 Å². The highest BCUT2D eigenvalue weighted by Gasteiger charge is 2.37. The number of benzene rings is 2. The first-order chi connectivity index (χ1) is 14.8. The number of carbonyl (C=O) groups excluding carboxylic acids is 3. The van der Waals surface area contributed by atoms with Crippen molar-refractivity contribution in [1.29, 1.82) is 0 Å². The molecule has 0 bridgehead atoms. The van der Waals surface area contributed by atoms with E-state index in [1.807, 2.05) is 32.0 Å². The van der Waals surface area contributed by atoms with Crippen LogP contribution in [0.15, 0.2) is 47.5 Å². The number of aryl methyl sites for hydroxylation is 2. The van der Waals surface area contributed by atoms with Crippen LogP contribution in [0.1, 0.15) is 34.8 Å². The first kappa shape index (κ1) is 22.6. The average molecular weight is 440 g/mol. The molecule has 8 heteroatoms. The number of amides is 2. The molecule has 3 rings (SSSR count). The molecule has 1 N–H and O–H groups in total. The monoisotopic (exact) mass is 439 g/mol. The topological polar surface area (TPSA) is 88.1 Å². The highest BCUT2D eigenvalue weighted by atomic mass is 32.2. The van der Waals surface area contributed by atoms with E-state index < -0.39 is 11.2 Å². The molecule has 31 heavy (non-hydrogen) atoms. The third-order valence-corrected chi connectivity index (χ3v) is 6.14. The number of carbonyl (C=O) groups is 3. The Bertz CT molecular complexity index is 1030. The van der Waals surface area contributed by atoms with Crippen molar-refractivity contribution in [3.8, 4) is 0 Å². The third-order valence-electron chi connectivity index (χ3n) is 4.91. The van der Waals surface area contributed by atoms with E-state index in [2.05, 4.69) is 10.3 Å². The maximum atomic E-state index is 12.6. The zero-order valence-electron chi connectivity index (χ0n) is 18.0. The van der Waals surface area contributed by atoms with E-state index in [4.69, 9.17) is 4.74 Å². The van der Waals surface area contributed by atoms with Gasteiger partial charge in [0.2, 0.25) is 11.8 Å². The number of hydrogen-bond acceptors (Lipinski definition) is 6. The number of hydrogen-bond donors (Lipinski definition) is 1. The summed E-state index contributed by atoms with van der Waals surface area (Å²) in [4.78, 5) is 42.8. The van der Waals surface area contributed by atoms with Crippen LogP contribution in [0.4, 0.5) is 11.4 Å². The Kier molecular flexibility index (Phi) is 7.12. The minimum atomic E-state index is -0.533. The maximum absolute atomic E-state index is 12.6. The zero-order valence-corrected chi connectivity index (χ0v) is 18.8. The molecule has 1 atom stereocenters. The number of ether oxygens (including phenoxy) is 1. The molecule has 0 aliphatic carbocycles. The molecular formula is C23H25N3O4S. The predicted molar refractivity (Wildman–Crippen MR) is 123 cm³/mol. The summed E-state index contributed by atoms with van der Waals surface area (Å²) in [7, 11) is 1.67. The molecule has 0 saturated carbocycles. The van der Waals surface area contributed by atoms with E-state index in [0.29, 0.717) is 23.0 Å². The standard InChI is InChI=1S/C23H25N3O4S/c1-5-30-22(29)16-7-10-17(11-8-16)24-20(27)13-19-21(28)26(4)23(31-19)25-18-9-6-14(2)15(3)12-18/h6-12,19H,5,13H2,1-4H3,(H,24,27)/t19-/m1/s1. The molecular weight excluding hydrogens is 414 g/mol. The summed E-state index contributed by atoms with van der Waals surface area (Å²) in [5.41, 5.74) is 4.04. The zero-order chi connectivity index (χ0) is 22.5. The van der Waals surface area contributed by atoms with Gasteiger partial charge in [-0.25, -0.2) is 9.79 Å². The van der Waals surface area contributed by atoms with Gasteiger partial charge in [0.05, 0.1) is 17.9 Å². The molecule has 2 amide bonds. The average Bonchev–Trinajstić information content (AvgIpc) is 2.99. The number of nitrogens with one attached hydrogen (secondary N) is 1. The van der Waals surface area contributed by atoms with Gasteiger partial charge < -0.3 is 10.1 Å². The van der Waals surface area contributed by atoms with Gasteiger partial charge in [0, 0.05) is 19.2 Å². The van der Waals surface area contributed by atoms with E-state index in [1.54, 1.807) is 38.2 Å². The highest BCUT2D eigenvalue weighted by molar-refractivity contribution is 8.15. The van der Waals surface area contributed by atoms with Crippen LogP contribution in [0.3, 0.4) is 0 Å². The molecule has 7 nitrogen and oxygen atoms in total. The van der Waals surface area contributed by atoms with Crippen molar-refractivity contribution < 1.29 is 19.1 Å². The van der Waals surface area contributed by atoms with Crippen molar-refractivity contribution in [1.82, 2.24) is 4.90 Å². The summed E-state index contributed by atoms with van der Waals surface area (Å²) in [5, 5.41) is 2.81. The van der Waals surface area contributed by atoms with Crippen molar-refractivity contribution in [2.24, 2.45) is 4.99 Å². The molecule has 0 spiro atoms. The molecule has 1 aliphatic rings. The molecule has 1 aliphatic heterocycles. The number of thioether (sulfide) groups is 1. The first-order valence-corrected chi connectivity index (χ1v) is 10.8. The molecule has 162 valence electrons. The normalized spacial score (nSPS) is 17.2. The first-order valence-electron chi connectivity index (χ1n) is 9.95. The van der Waals surface area contributed by atoms with Crippen molar-refractivity contribution in [2.45, 2.75) is 32.4 Å². The van der Waals surface area contributed by atoms with Crippen molar-refractivity contribution in [2.75, 3.05) is 19.0 Å². The Morgan fingerprint density at radius 1 is 1.13 bits per heavy atom. The predicted octanol–water partition coefficient (Wildman–Crippen LogP) is 4.07. The minimum Gasteiger partial charge on any atom is -0.462 e. The van der Waals surface area contributed by atoms with Gasteiger partial charge in [0.1, 0.15) is 5.25 Å². The second-order valence-electron chi connectivity index (χ2n) is 7.22. The van der Waals surface area contributed by atoms with Gasteiger partial charge in [0.15, 0.2) is 5.17 Å². The van der Waals surface area contributed by atoms with Gasteiger partial charge in [-0.15, -0.1) is 0 Å². The Labute approximate surface area is 185 Å². The maximum Gasteiger partial charge on any atom is 0.338 e. The van der Waals surface area contributed by atoms with E-state index >= 15 is 0 Å². The third kappa shape index (κ3) is 5.52. The Morgan fingerprint density at radius 2 is 1.84 bits per heavy atom. The Hall–Kier alpha value is -3.13. The van der Waals surface area contributed by atoms with Crippen LogP contribution >= 0.6 is 11.8 Å². The lowest BCUT2D eigenvalue weighted by molar-refractivity contribution is -0.127. The lowest BCUT2D eigenvalue weighted by Gasteiger charge is -2.10. The molecule has 1 fully saturated rings. The van der Waals surface area contributed by atoms with Gasteiger partial charge in [-0.05, 0) is 68.3 Å². The van der Waals surface area contributed by atoms with Gasteiger partial charge in [-0.3, -0.25) is 14.5 Å². The summed E-state index contributed by atoms with van der Waals surface area (Å²) in [6, 6.07) is 12.3. The fourth-order valence-electron chi connectivity index (χ4n) is 2.99. The molecule has 0 aromatic heterocycles. The van der Waals surface area contributed by atoms with Crippen molar-refractivity contribution in [3.63, 3.8) is 0 Å². The largest absolute Gasteiger partial charge is 0.462 e. The van der Waals surface area contributed by atoms with Crippen LogP contribution in [0.5, 0.6) is 0 Å². The van der Waals surface area contributed by atoms with Gasteiger partial charge in [-0.1, -0.05) is 17.8 Å². The molecule has 2 aromatic rings. The van der Waals surface area contributed by atoms with E-state index in [9.17, 15) is 14.4 Å². The summed E-state index contributed by atoms with van der Waals surface area (Å²) in [6.07, 6.45) is 0.0272. The number of nitrogens with zero attached hydrogens (tertiary/aromatic N) is 2. The second kappa shape index (κ2) is 9.78. The smallest absolute Gasteiger partial charge is 0.338 e.